The van der Waals surface area contributed by atoms with Crippen LogP contribution >= 0.6 is 11.6 Å². The normalized spacial score (nSPS) is 32.0. The summed E-state index contributed by atoms with van der Waals surface area (Å²) in [5, 5.41) is 0.387. The van der Waals surface area contributed by atoms with Crippen molar-refractivity contribution in [3.63, 3.8) is 0 Å². The van der Waals surface area contributed by atoms with Crippen molar-refractivity contribution in [2.75, 3.05) is 0 Å². The van der Waals surface area contributed by atoms with Crippen LogP contribution in [-0.4, -0.2) is 0 Å². The van der Waals surface area contributed by atoms with Crippen LogP contribution in [0.25, 0.3) is 0 Å². The Bertz CT molecular complexity index is 549. The van der Waals surface area contributed by atoms with Gasteiger partial charge in [0, 0.05) is 0 Å². The van der Waals surface area contributed by atoms with Gasteiger partial charge in [0.15, 0.2) is 0 Å². The molecule has 0 saturated heterocycles. The van der Waals surface area contributed by atoms with E-state index in [1.165, 1.54) is 56.9 Å². The molecule has 0 atom stereocenters. The molecule has 2 aliphatic carbocycles. The van der Waals surface area contributed by atoms with E-state index in [1.54, 1.807) is 6.92 Å². The maximum absolute atomic E-state index is 14.2. The SMILES string of the molecule is Cc1cc(C)c(C2CCC(C3CCC(C)CC3)CC2)c(Cl)c1F. The van der Waals surface area contributed by atoms with Crippen LogP contribution in [0.3, 0.4) is 0 Å². The van der Waals surface area contributed by atoms with Crippen molar-refractivity contribution in [2.45, 2.75) is 78.1 Å². The van der Waals surface area contributed by atoms with E-state index >= 15 is 0 Å². The third-order valence-electron chi connectivity index (χ3n) is 6.54. The van der Waals surface area contributed by atoms with Crippen LogP contribution in [0.2, 0.25) is 5.02 Å². The summed E-state index contributed by atoms with van der Waals surface area (Å²) in [5.41, 5.74) is 2.93. The summed E-state index contributed by atoms with van der Waals surface area (Å²) in [6.07, 6.45) is 10.6. The van der Waals surface area contributed by atoms with E-state index in [9.17, 15) is 4.39 Å². The molecule has 128 valence electrons. The molecule has 0 radical (unpaired) electrons. The second-order valence-corrected chi connectivity index (χ2v) is 8.56. The highest BCUT2D eigenvalue weighted by Crippen LogP contribution is 2.46. The molecule has 0 spiro atoms. The average Bonchev–Trinajstić information content (AvgIpc) is 2.54. The summed E-state index contributed by atoms with van der Waals surface area (Å²) < 4.78 is 14.2. The molecule has 0 aromatic heterocycles. The van der Waals surface area contributed by atoms with Crippen molar-refractivity contribution >= 4 is 11.6 Å². The van der Waals surface area contributed by atoms with Gasteiger partial charge in [0.25, 0.3) is 0 Å². The Balaban J connectivity index is 1.67. The first-order valence-corrected chi connectivity index (χ1v) is 9.80. The van der Waals surface area contributed by atoms with E-state index in [1.807, 2.05) is 6.07 Å². The van der Waals surface area contributed by atoms with Gasteiger partial charge in [0.05, 0.1) is 5.02 Å². The van der Waals surface area contributed by atoms with Crippen molar-refractivity contribution in [1.82, 2.24) is 0 Å². The van der Waals surface area contributed by atoms with Crippen LogP contribution in [0.4, 0.5) is 4.39 Å². The number of benzene rings is 1. The van der Waals surface area contributed by atoms with Gasteiger partial charge in [-0.05, 0) is 92.7 Å². The third-order valence-corrected chi connectivity index (χ3v) is 6.91. The van der Waals surface area contributed by atoms with E-state index in [0.29, 0.717) is 16.5 Å². The summed E-state index contributed by atoms with van der Waals surface area (Å²) >= 11 is 6.36. The maximum Gasteiger partial charge on any atom is 0.144 e. The first kappa shape index (κ1) is 17.3. The average molecular weight is 337 g/mol. The van der Waals surface area contributed by atoms with Gasteiger partial charge >= 0.3 is 0 Å². The van der Waals surface area contributed by atoms with Crippen LogP contribution in [0.5, 0.6) is 0 Å². The molecule has 2 fully saturated rings. The molecule has 2 aliphatic rings. The first-order valence-electron chi connectivity index (χ1n) is 9.42. The fourth-order valence-corrected chi connectivity index (χ4v) is 5.52. The monoisotopic (exact) mass is 336 g/mol. The molecular formula is C21H30ClF. The fraction of sp³-hybridized carbons (Fsp3) is 0.714. The van der Waals surface area contributed by atoms with Crippen molar-refractivity contribution in [2.24, 2.45) is 17.8 Å². The van der Waals surface area contributed by atoms with E-state index < -0.39 is 0 Å². The minimum absolute atomic E-state index is 0.212. The van der Waals surface area contributed by atoms with E-state index in [0.717, 1.165) is 23.3 Å². The number of hydrogen-bond donors (Lipinski definition) is 0. The lowest BCUT2D eigenvalue weighted by molar-refractivity contribution is 0.165. The number of rotatable bonds is 2. The molecule has 2 saturated carbocycles. The van der Waals surface area contributed by atoms with Crippen molar-refractivity contribution in [3.05, 3.63) is 33.6 Å². The lowest BCUT2D eigenvalue weighted by Gasteiger charge is -2.38. The second kappa shape index (κ2) is 7.13. The third kappa shape index (κ3) is 3.60. The summed E-state index contributed by atoms with van der Waals surface area (Å²) in [7, 11) is 0. The second-order valence-electron chi connectivity index (χ2n) is 8.18. The highest BCUT2D eigenvalue weighted by molar-refractivity contribution is 6.31. The molecule has 3 rings (SSSR count). The molecule has 0 heterocycles. The first-order chi connectivity index (χ1) is 11.0. The highest BCUT2D eigenvalue weighted by Gasteiger charge is 2.32. The highest BCUT2D eigenvalue weighted by atomic mass is 35.5. The van der Waals surface area contributed by atoms with Crippen molar-refractivity contribution < 1.29 is 4.39 Å². The summed E-state index contributed by atoms with van der Waals surface area (Å²) in [6.45, 7) is 6.28. The van der Waals surface area contributed by atoms with Gasteiger partial charge in [-0.1, -0.05) is 37.4 Å². The fourth-order valence-electron chi connectivity index (χ4n) is 5.07. The zero-order valence-corrected chi connectivity index (χ0v) is 15.6. The Morgan fingerprint density at radius 3 is 1.96 bits per heavy atom. The molecule has 0 aliphatic heterocycles. The zero-order valence-electron chi connectivity index (χ0n) is 14.8. The molecule has 0 amide bonds. The maximum atomic E-state index is 14.2. The topological polar surface area (TPSA) is 0 Å². The Kier molecular flexibility index (Phi) is 5.35. The van der Waals surface area contributed by atoms with Crippen molar-refractivity contribution in [1.29, 1.82) is 0 Å². The number of halogens is 2. The summed E-state index contributed by atoms with van der Waals surface area (Å²) in [5.74, 6) is 3.01. The van der Waals surface area contributed by atoms with Gasteiger partial charge in [-0.25, -0.2) is 4.39 Å². The van der Waals surface area contributed by atoms with Gasteiger partial charge in [-0.2, -0.15) is 0 Å². The predicted octanol–water partition coefficient (Wildman–Crippen LogP) is 7.20. The Morgan fingerprint density at radius 2 is 1.39 bits per heavy atom. The van der Waals surface area contributed by atoms with Gasteiger partial charge in [-0.3, -0.25) is 0 Å². The quantitative estimate of drug-likeness (QED) is 0.535. The minimum atomic E-state index is -0.212. The molecule has 23 heavy (non-hydrogen) atoms. The standard InChI is InChI=1S/C21H30ClF/c1-13-4-6-16(7-5-13)17-8-10-18(11-9-17)19-14(2)12-15(3)21(23)20(19)22/h12-13,16-18H,4-11H2,1-3H3. The number of aryl methyl sites for hydroxylation is 2. The molecular weight excluding hydrogens is 307 g/mol. The Labute approximate surface area is 145 Å². The van der Waals surface area contributed by atoms with Crippen LogP contribution in [0.15, 0.2) is 6.07 Å². The summed E-state index contributed by atoms with van der Waals surface area (Å²) in [4.78, 5) is 0. The molecule has 0 unspecified atom stereocenters. The van der Waals surface area contributed by atoms with E-state index in [2.05, 4.69) is 13.8 Å². The molecule has 1 aromatic carbocycles. The number of hydrogen-bond acceptors (Lipinski definition) is 0. The zero-order chi connectivity index (χ0) is 16.6. The van der Waals surface area contributed by atoms with Crippen LogP contribution in [0.1, 0.15) is 80.9 Å². The molecule has 2 heteroatoms. The van der Waals surface area contributed by atoms with Crippen molar-refractivity contribution in [3.8, 4) is 0 Å². The lowest BCUT2D eigenvalue weighted by atomic mass is 9.68. The van der Waals surface area contributed by atoms with Crippen LogP contribution < -0.4 is 0 Å². The molecule has 1 aromatic rings. The van der Waals surface area contributed by atoms with Gasteiger partial charge < -0.3 is 0 Å². The Hall–Kier alpha value is -0.560. The van der Waals surface area contributed by atoms with E-state index in [4.69, 9.17) is 11.6 Å². The van der Waals surface area contributed by atoms with Gasteiger partial charge in [0.2, 0.25) is 0 Å². The molecule has 0 nitrogen and oxygen atoms in total. The summed E-state index contributed by atoms with van der Waals surface area (Å²) in [6, 6.07) is 1.96. The Morgan fingerprint density at radius 1 is 0.870 bits per heavy atom. The molecule has 0 N–H and O–H groups in total. The van der Waals surface area contributed by atoms with E-state index in [-0.39, 0.29) is 5.82 Å². The van der Waals surface area contributed by atoms with Gasteiger partial charge in [0.1, 0.15) is 5.82 Å². The van der Waals surface area contributed by atoms with Crippen LogP contribution in [-0.2, 0) is 0 Å². The van der Waals surface area contributed by atoms with Gasteiger partial charge in [-0.15, -0.1) is 0 Å². The smallest absolute Gasteiger partial charge is 0.144 e. The largest absolute Gasteiger partial charge is 0.205 e. The lowest BCUT2D eigenvalue weighted by Crippen LogP contribution is -2.25. The minimum Gasteiger partial charge on any atom is -0.205 e. The van der Waals surface area contributed by atoms with Crippen LogP contribution in [0, 0.1) is 37.4 Å². The predicted molar refractivity (Wildman–Crippen MR) is 96.7 cm³/mol. The molecule has 0 bridgehead atoms.